The van der Waals surface area contributed by atoms with Gasteiger partial charge < -0.3 is 24.9 Å². The summed E-state index contributed by atoms with van der Waals surface area (Å²) in [5.74, 6) is -2.52. The van der Waals surface area contributed by atoms with Crippen LogP contribution in [0.2, 0.25) is 0 Å². The molecule has 4 rings (SSSR count). The van der Waals surface area contributed by atoms with Crippen molar-refractivity contribution in [2.75, 3.05) is 18.0 Å². The Morgan fingerprint density at radius 2 is 1.54 bits per heavy atom. The molecule has 1 saturated heterocycles. The Balaban J connectivity index is 1.44. The van der Waals surface area contributed by atoms with Crippen molar-refractivity contribution in [1.82, 2.24) is 5.32 Å². The van der Waals surface area contributed by atoms with Crippen LogP contribution in [0, 0.1) is 5.92 Å². The third-order valence-corrected chi connectivity index (χ3v) is 6.89. The fraction of sp³-hybridized carbons (Fsp3) is 0.290. The number of hydrogen-bond donors (Lipinski definition) is 2. The Kier molecular flexibility index (Phi) is 9.45. The summed E-state index contributed by atoms with van der Waals surface area (Å²) in [7, 11) is 0. The number of anilines is 1. The first kappa shape index (κ1) is 27.6. The van der Waals surface area contributed by atoms with Gasteiger partial charge in [-0.1, -0.05) is 60.7 Å². The van der Waals surface area contributed by atoms with Gasteiger partial charge in [-0.25, -0.2) is 4.79 Å². The van der Waals surface area contributed by atoms with E-state index in [-0.39, 0.29) is 5.92 Å². The maximum atomic E-state index is 13.2. The van der Waals surface area contributed by atoms with Crippen molar-refractivity contribution < 1.29 is 29.0 Å². The number of aliphatic carboxylic acids is 1. The summed E-state index contributed by atoms with van der Waals surface area (Å²) in [5.41, 5.74) is 2.95. The Morgan fingerprint density at radius 1 is 0.923 bits per heavy atom. The number of carboxylic acid groups (broad SMARTS) is 1. The van der Waals surface area contributed by atoms with Crippen LogP contribution in [0.4, 0.5) is 5.69 Å². The van der Waals surface area contributed by atoms with Crippen LogP contribution in [0.15, 0.2) is 84.9 Å². The highest BCUT2D eigenvalue weighted by molar-refractivity contribution is 5.97. The van der Waals surface area contributed by atoms with E-state index in [9.17, 15) is 24.3 Å². The molecule has 0 spiro atoms. The van der Waals surface area contributed by atoms with Gasteiger partial charge in [0.25, 0.3) is 5.91 Å². The number of carbonyl (C=O) groups excluding carboxylic acids is 3. The third-order valence-electron chi connectivity index (χ3n) is 6.89. The standard InChI is InChI=1S/C31H32N2O6/c34-21-23-15-17-33(18-16-23)26-13-11-25(12-14-26)30(37)32-27(20-29(35)36)31(38)39-28(24-9-5-2-6-10-24)19-22-7-3-1-4-8-22/h1-14,21,23,27-28H,15-20H2,(H,32,37)(H,35,36)/t27-,28?/m1/s1. The van der Waals surface area contributed by atoms with Gasteiger partial charge in [0.2, 0.25) is 0 Å². The lowest BCUT2D eigenvalue weighted by atomic mass is 9.98. The maximum Gasteiger partial charge on any atom is 0.329 e. The molecular formula is C31H32N2O6. The van der Waals surface area contributed by atoms with Gasteiger partial charge in [-0.3, -0.25) is 9.59 Å². The minimum atomic E-state index is -1.36. The SMILES string of the molecule is O=CC1CCN(c2ccc(C(=O)N[C@H](CC(=O)O)C(=O)OC(Cc3ccccc3)c3ccccc3)cc2)CC1. The minimum Gasteiger partial charge on any atom is -0.481 e. The zero-order valence-electron chi connectivity index (χ0n) is 21.6. The first-order chi connectivity index (χ1) is 18.9. The number of amides is 1. The van der Waals surface area contributed by atoms with Crippen molar-refractivity contribution in [1.29, 1.82) is 0 Å². The molecular weight excluding hydrogens is 496 g/mol. The van der Waals surface area contributed by atoms with Crippen LogP contribution in [0.25, 0.3) is 0 Å². The van der Waals surface area contributed by atoms with Gasteiger partial charge in [-0.2, -0.15) is 0 Å². The second-order valence-electron chi connectivity index (χ2n) is 9.66. The Labute approximate surface area is 227 Å². The molecule has 0 aliphatic carbocycles. The second kappa shape index (κ2) is 13.4. The van der Waals surface area contributed by atoms with Crippen LogP contribution in [-0.4, -0.2) is 48.4 Å². The molecule has 3 aromatic rings. The Bertz CT molecular complexity index is 1260. The van der Waals surface area contributed by atoms with Crippen LogP contribution < -0.4 is 10.2 Å². The molecule has 2 atom stereocenters. The lowest BCUT2D eigenvalue weighted by Crippen LogP contribution is -2.43. The number of nitrogens with zero attached hydrogens (tertiary/aromatic N) is 1. The molecule has 8 heteroatoms. The van der Waals surface area contributed by atoms with E-state index >= 15 is 0 Å². The second-order valence-corrected chi connectivity index (χ2v) is 9.66. The van der Waals surface area contributed by atoms with Crippen molar-refractivity contribution in [3.8, 4) is 0 Å². The summed E-state index contributed by atoms with van der Waals surface area (Å²) < 4.78 is 5.81. The van der Waals surface area contributed by atoms with E-state index < -0.39 is 36.4 Å². The summed E-state index contributed by atoms with van der Waals surface area (Å²) >= 11 is 0. The molecule has 0 saturated carbocycles. The van der Waals surface area contributed by atoms with Crippen molar-refractivity contribution in [2.45, 2.75) is 37.8 Å². The van der Waals surface area contributed by atoms with E-state index in [0.717, 1.165) is 49.0 Å². The van der Waals surface area contributed by atoms with Gasteiger partial charge in [0, 0.05) is 36.7 Å². The fourth-order valence-electron chi connectivity index (χ4n) is 4.67. The van der Waals surface area contributed by atoms with E-state index in [1.807, 2.05) is 72.8 Å². The molecule has 2 N–H and O–H groups in total. The van der Waals surface area contributed by atoms with Gasteiger partial charge in [0.15, 0.2) is 0 Å². The number of hydrogen-bond acceptors (Lipinski definition) is 6. The van der Waals surface area contributed by atoms with Crippen molar-refractivity contribution in [2.24, 2.45) is 5.92 Å². The molecule has 1 amide bonds. The van der Waals surface area contributed by atoms with Gasteiger partial charge in [0.05, 0.1) is 6.42 Å². The first-order valence-electron chi connectivity index (χ1n) is 13.0. The number of piperidine rings is 1. The molecule has 0 bridgehead atoms. The number of benzene rings is 3. The van der Waals surface area contributed by atoms with Crippen LogP contribution >= 0.6 is 0 Å². The molecule has 1 fully saturated rings. The highest BCUT2D eigenvalue weighted by Gasteiger charge is 2.29. The summed E-state index contributed by atoms with van der Waals surface area (Å²) in [6.07, 6.45) is 1.72. The molecule has 1 unspecified atom stereocenters. The molecule has 0 aromatic heterocycles. The van der Waals surface area contributed by atoms with Crippen molar-refractivity contribution in [3.63, 3.8) is 0 Å². The number of aldehydes is 1. The van der Waals surface area contributed by atoms with E-state index in [1.165, 1.54) is 0 Å². The van der Waals surface area contributed by atoms with Gasteiger partial charge in [0.1, 0.15) is 18.4 Å². The Hall–Kier alpha value is -4.46. The zero-order valence-corrected chi connectivity index (χ0v) is 21.6. The largest absolute Gasteiger partial charge is 0.481 e. The number of esters is 1. The van der Waals surface area contributed by atoms with Crippen LogP contribution in [0.3, 0.4) is 0 Å². The predicted molar refractivity (Wildman–Crippen MR) is 146 cm³/mol. The monoisotopic (exact) mass is 528 g/mol. The lowest BCUT2D eigenvalue weighted by molar-refractivity contribution is -0.155. The summed E-state index contributed by atoms with van der Waals surface area (Å²) in [6, 6.07) is 24.3. The summed E-state index contributed by atoms with van der Waals surface area (Å²) in [6.45, 7) is 1.51. The molecule has 1 heterocycles. The minimum absolute atomic E-state index is 0.0893. The number of ether oxygens (including phenoxy) is 1. The Morgan fingerprint density at radius 3 is 2.13 bits per heavy atom. The summed E-state index contributed by atoms with van der Waals surface area (Å²) in [4.78, 5) is 50.9. The number of nitrogens with one attached hydrogen (secondary N) is 1. The van der Waals surface area contributed by atoms with Gasteiger partial charge in [-0.05, 0) is 48.2 Å². The maximum absolute atomic E-state index is 13.2. The highest BCUT2D eigenvalue weighted by Crippen LogP contribution is 2.25. The summed E-state index contributed by atoms with van der Waals surface area (Å²) in [5, 5.41) is 12.0. The molecule has 0 radical (unpaired) electrons. The zero-order chi connectivity index (χ0) is 27.6. The number of carbonyl (C=O) groups is 4. The van der Waals surface area contributed by atoms with E-state index in [2.05, 4.69) is 10.2 Å². The van der Waals surface area contributed by atoms with E-state index in [1.54, 1.807) is 12.1 Å². The van der Waals surface area contributed by atoms with Crippen LogP contribution in [0.5, 0.6) is 0 Å². The van der Waals surface area contributed by atoms with Gasteiger partial charge >= 0.3 is 11.9 Å². The average molecular weight is 529 g/mol. The predicted octanol–water partition coefficient (Wildman–Crippen LogP) is 4.20. The topological polar surface area (TPSA) is 113 Å². The molecule has 39 heavy (non-hydrogen) atoms. The fourth-order valence-corrected chi connectivity index (χ4v) is 4.67. The molecule has 3 aromatic carbocycles. The number of rotatable bonds is 11. The van der Waals surface area contributed by atoms with Crippen molar-refractivity contribution in [3.05, 3.63) is 102 Å². The average Bonchev–Trinajstić information content (AvgIpc) is 2.97. The highest BCUT2D eigenvalue weighted by atomic mass is 16.5. The molecule has 1 aliphatic heterocycles. The third kappa shape index (κ3) is 7.77. The van der Waals surface area contributed by atoms with E-state index in [4.69, 9.17) is 4.74 Å². The number of carboxylic acids is 1. The van der Waals surface area contributed by atoms with Crippen LogP contribution in [-0.2, 0) is 25.5 Å². The smallest absolute Gasteiger partial charge is 0.329 e. The quantitative estimate of drug-likeness (QED) is 0.283. The van der Waals surface area contributed by atoms with Crippen LogP contribution in [0.1, 0.15) is 46.9 Å². The van der Waals surface area contributed by atoms with Crippen molar-refractivity contribution >= 4 is 29.8 Å². The first-order valence-corrected chi connectivity index (χ1v) is 13.0. The van der Waals surface area contributed by atoms with E-state index in [0.29, 0.717) is 12.0 Å². The molecule has 8 nitrogen and oxygen atoms in total. The van der Waals surface area contributed by atoms with Gasteiger partial charge in [-0.15, -0.1) is 0 Å². The normalized spacial score (nSPS) is 15.1. The molecule has 1 aliphatic rings. The molecule has 202 valence electrons. The lowest BCUT2D eigenvalue weighted by Gasteiger charge is -2.31.